The molecule has 21 heavy (non-hydrogen) atoms. The molecule has 1 amide bonds. The number of anilines is 1. The van der Waals surface area contributed by atoms with Gasteiger partial charge in [0.25, 0.3) is 0 Å². The van der Waals surface area contributed by atoms with Crippen LogP contribution in [-0.4, -0.2) is 37.1 Å². The van der Waals surface area contributed by atoms with Crippen LogP contribution in [0.25, 0.3) is 0 Å². The number of aromatic nitrogens is 2. The van der Waals surface area contributed by atoms with Crippen LogP contribution < -0.4 is 14.4 Å². The highest BCUT2D eigenvalue weighted by Crippen LogP contribution is 2.15. The average Bonchev–Trinajstić information content (AvgIpc) is 2.54. The molecule has 0 unspecified atom stereocenters. The van der Waals surface area contributed by atoms with E-state index in [4.69, 9.17) is 9.47 Å². The van der Waals surface area contributed by atoms with Gasteiger partial charge in [0.1, 0.15) is 5.75 Å². The second-order valence-corrected chi connectivity index (χ2v) is 4.38. The van der Waals surface area contributed by atoms with E-state index in [1.54, 1.807) is 26.4 Å². The minimum atomic E-state index is -0.114. The van der Waals surface area contributed by atoms with Crippen LogP contribution >= 0.6 is 0 Å². The lowest BCUT2D eigenvalue weighted by Gasteiger charge is -2.15. The van der Waals surface area contributed by atoms with Crippen LogP contribution in [0.2, 0.25) is 0 Å². The van der Waals surface area contributed by atoms with Crippen molar-refractivity contribution in [3.63, 3.8) is 0 Å². The van der Waals surface area contributed by atoms with Crippen LogP contribution in [0.15, 0.2) is 36.5 Å². The van der Waals surface area contributed by atoms with Gasteiger partial charge in [-0.2, -0.15) is 4.98 Å². The number of benzene rings is 1. The predicted molar refractivity (Wildman–Crippen MR) is 78.7 cm³/mol. The zero-order chi connectivity index (χ0) is 15.2. The van der Waals surface area contributed by atoms with E-state index in [2.05, 4.69) is 9.97 Å². The summed E-state index contributed by atoms with van der Waals surface area (Å²) in [6, 6.07) is 9.02. The van der Waals surface area contributed by atoms with Gasteiger partial charge < -0.3 is 9.47 Å². The zero-order valence-electron chi connectivity index (χ0n) is 12.2. The molecule has 0 bridgehead atoms. The molecule has 0 aliphatic heterocycles. The van der Waals surface area contributed by atoms with Gasteiger partial charge >= 0.3 is 0 Å². The van der Waals surface area contributed by atoms with E-state index in [1.165, 1.54) is 12.0 Å². The molecule has 0 radical (unpaired) electrons. The smallest absolute Gasteiger partial charge is 0.235 e. The third kappa shape index (κ3) is 3.68. The Kier molecular flexibility index (Phi) is 4.71. The van der Waals surface area contributed by atoms with E-state index in [0.29, 0.717) is 11.8 Å². The van der Waals surface area contributed by atoms with Crippen LogP contribution in [-0.2, 0) is 11.2 Å². The fourth-order valence-electron chi connectivity index (χ4n) is 1.79. The first kappa shape index (κ1) is 14.8. The number of amides is 1. The number of ether oxygens (including phenoxy) is 2. The van der Waals surface area contributed by atoms with Crippen molar-refractivity contribution >= 4 is 11.9 Å². The monoisotopic (exact) mass is 287 g/mol. The van der Waals surface area contributed by atoms with Gasteiger partial charge in [-0.25, -0.2) is 4.98 Å². The summed E-state index contributed by atoms with van der Waals surface area (Å²) in [6.45, 7) is 0. The first-order valence-electron chi connectivity index (χ1n) is 6.40. The quantitative estimate of drug-likeness (QED) is 0.837. The molecule has 1 heterocycles. The van der Waals surface area contributed by atoms with Gasteiger partial charge in [-0.15, -0.1) is 0 Å². The molecule has 0 atom stereocenters. The maximum absolute atomic E-state index is 12.3. The van der Waals surface area contributed by atoms with Crippen molar-refractivity contribution in [2.24, 2.45) is 0 Å². The van der Waals surface area contributed by atoms with Gasteiger partial charge in [0.2, 0.25) is 17.7 Å². The molecule has 6 nitrogen and oxygen atoms in total. The Hall–Kier alpha value is -2.63. The number of nitrogens with zero attached hydrogens (tertiary/aromatic N) is 3. The van der Waals surface area contributed by atoms with E-state index in [-0.39, 0.29) is 12.3 Å². The molecule has 110 valence electrons. The van der Waals surface area contributed by atoms with Crippen molar-refractivity contribution in [3.8, 4) is 11.6 Å². The molecule has 1 aromatic heterocycles. The van der Waals surface area contributed by atoms with Crippen molar-refractivity contribution in [1.29, 1.82) is 0 Å². The van der Waals surface area contributed by atoms with Crippen molar-refractivity contribution in [3.05, 3.63) is 42.1 Å². The SMILES string of the molecule is COc1cccc(CC(=O)N(C)c2nccc(OC)n2)c1. The summed E-state index contributed by atoms with van der Waals surface area (Å²) in [5.74, 6) is 1.33. The summed E-state index contributed by atoms with van der Waals surface area (Å²) in [6.07, 6.45) is 1.80. The van der Waals surface area contributed by atoms with Gasteiger partial charge in [-0.3, -0.25) is 9.69 Å². The number of carbonyl (C=O) groups excluding carboxylic acids is 1. The van der Waals surface area contributed by atoms with Crippen LogP contribution in [0.3, 0.4) is 0 Å². The second-order valence-electron chi connectivity index (χ2n) is 4.38. The van der Waals surface area contributed by atoms with Crippen LogP contribution in [0.4, 0.5) is 5.95 Å². The Balaban J connectivity index is 2.11. The number of methoxy groups -OCH3 is 2. The van der Waals surface area contributed by atoms with Gasteiger partial charge in [-0.05, 0) is 17.7 Å². The molecular formula is C15H17N3O3. The standard InChI is InChI=1S/C15H17N3O3/c1-18(15-16-8-7-13(17-15)21-3)14(19)10-11-5-4-6-12(9-11)20-2/h4-9H,10H2,1-3H3. The second kappa shape index (κ2) is 6.69. The van der Waals surface area contributed by atoms with E-state index >= 15 is 0 Å². The topological polar surface area (TPSA) is 64.5 Å². The molecule has 6 heteroatoms. The van der Waals surface area contributed by atoms with Gasteiger partial charge in [0.05, 0.1) is 20.6 Å². The predicted octanol–water partition coefficient (Wildman–Crippen LogP) is 1.70. The zero-order valence-corrected chi connectivity index (χ0v) is 12.2. The maximum Gasteiger partial charge on any atom is 0.235 e. The van der Waals surface area contributed by atoms with Crippen LogP contribution in [0.5, 0.6) is 11.6 Å². The molecule has 1 aromatic carbocycles. The average molecular weight is 287 g/mol. The fourth-order valence-corrected chi connectivity index (χ4v) is 1.79. The van der Waals surface area contributed by atoms with Crippen molar-refractivity contribution < 1.29 is 14.3 Å². The number of likely N-dealkylation sites (N-methyl/N-ethyl adjacent to an activating group) is 1. The van der Waals surface area contributed by atoms with E-state index in [9.17, 15) is 4.79 Å². The van der Waals surface area contributed by atoms with Gasteiger partial charge in [0, 0.05) is 19.3 Å². The molecule has 0 aliphatic rings. The minimum absolute atomic E-state index is 0.114. The Labute approximate surface area is 123 Å². The van der Waals surface area contributed by atoms with Crippen LogP contribution in [0.1, 0.15) is 5.56 Å². The highest BCUT2D eigenvalue weighted by molar-refractivity contribution is 5.92. The molecule has 0 saturated carbocycles. The summed E-state index contributed by atoms with van der Waals surface area (Å²) < 4.78 is 10.2. The summed E-state index contributed by atoms with van der Waals surface area (Å²) in [7, 11) is 4.75. The highest BCUT2D eigenvalue weighted by atomic mass is 16.5. The Bertz CT molecular complexity index is 631. The summed E-state index contributed by atoms with van der Waals surface area (Å²) in [5, 5.41) is 0. The molecule has 0 spiro atoms. The van der Waals surface area contributed by atoms with Crippen molar-refractivity contribution in [2.75, 3.05) is 26.2 Å². The summed E-state index contributed by atoms with van der Waals surface area (Å²) in [5.41, 5.74) is 0.870. The maximum atomic E-state index is 12.3. The Morgan fingerprint density at radius 2 is 2.05 bits per heavy atom. The largest absolute Gasteiger partial charge is 0.497 e. The summed E-state index contributed by atoms with van der Waals surface area (Å²) >= 11 is 0. The fraction of sp³-hybridized carbons (Fsp3) is 0.267. The third-order valence-electron chi connectivity index (χ3n) is 2.99. The first-order valence-corrected chi connectivity index (χ1v) is 6.40. The lowest BCUT2D eigenvalue weighted by molar-refractivity contribution is -0.117. The van der Waals surface area contributed by atoms with Gasteiger partial charge in [-0.1, -0.05) is 12.1 Å². The van der Waals surface area contributed by atoms with Gasteiger partial charge in [0.15, 0.2) is 0 Å². The summed E-state index contributed by atoms with van der Waals surface area (Å²) in [4.78, 5) is 21.9. The molecule has 0 saturated heterocycles. The van der Waals surface area contributed by atoms with E-state index in [0.717, 1.165) is 11.3 Å². The molecule has 2 aromatic rings. The molecule has 2 rings (SSSR count). The molecule has 0 aliphatic carbocycles. The van der Waals surface area contributed by atoms with E-state index in [1.807, 2.05) is 24.3 Å². The van der Waals surface area contributed by atoms with Crippen molar-refractivity contribution in [1.82, 2.24) is 9.97 Å². The van der Waals surface area contributed by atoms with E-state index < -0.39 is 0 Å². The number of carbonyl (C=O) groups is 1. The Morgan fingerprint density at radius 3 is 2.76 bits per heavy atom. The molecule has 0 fully saturated rings. The van der Waals surface area contributed by atoms with Crippen molar-refractivity contribution in [2.45, 2.75) is 6.42 Å². The Morgan fingerprint density at radius 1 is 1.24 bits per heavy atom. The normalized spacial score (nSPS) is 10.0. The van der Waals surface area contributed by atoms with Crippen LogP contribution in [0, 0.1) is 0 Å². The highest BCUT2D eigenvalue weighted by Gasteiger charge is 2.15. The molecular weight excluding hydrogens is 270 g/mol. The molecule has 0 N–H and O–H groups in total. The first-order chi connectivity index (χ1) is 10.1. The lowest BCUT2D eigenvalue weighted by atomic mass is 10.1. The lowest BCUT2D eigenvalue weighted by Crippen LogP contribution is -2.29. The minimum Gasteiger partial charge on any atom is -0.497 e. The third-order valence-corrected chi connectivity index (χ3v) is 2.99. The number of hydrogen-bond acceptors (Lipinski definition) is 5. The number of rotatable bonds is 5. The number of hydrogen-bond donors (Lipinski definition) is 0.